The second kappa shape index (κ2) is 9.59. The highest BCUT2D eigenvalue weighted by molar-refractivity contribution is 5.89. The summed E-state index contributed by atoms with van der Waals surface area (Å²) >= 11 is 0. The molecule has 0 radical (unpaired) electrons. The zero-order valence-corrected chi connectivity index (χ0v) is 19.7. The van der Waals surface area contributed by atoms with E-state index in [9.17, 15) is 9.59 Å². The molecule has 1 amide bonds. The molecule has 2 aromatic carbocycles. The Balaban J connectivity index is 1.66. The molecule has 2 unspecified atom stereocenters. The van der Waals surface area contributed by atoms with Crippen molar-refractivity contribution in [3.05, 3.63) is 54.6 Å². The molecule has 1 aromatic heterocycles. The van der Waals surface area contributed by atoms with E-state index >= 15 is 0 Å². The van der Waals surface area contributed by atoms with Gasteiger partial charge in [-0.3, -0.25) is 9.69 Å². The number of carbonyl (C=O) groups is 2. The molecule has 8 nitrogen and oxygen atoms in total. The number of likely N-dealkylation sites (tertiary alicyclic amines) is 1. The third-order valence-corrected chi connectivity index (χ3v) is 5.40. The minimum absolute atomic E-state index is 0.216. The van der Waals surface area contributed by atoms with Crippen LogP contribution < -0.4 is 9.47 Å². The van der Waals surface area contributed by atoms with Crippen molar-refractivity contribution in [3.63, 3.8) is 0 Å². The average Bonchev–Trinajstić information content (AvgIpc) is 3.20. The first-order valence-corrected chi connectivity index (χ1v) is 11.1. The third-order valence-electron chi connectivity index (χ3n) is 5.40. The van der Waals surface area contributed by atoms with E-state index < -0.39 is 24.0 Å². The Morgan fingerprint density at radius 3 is 2.56 bits per heavy atom. The summed E-state index contributed by atoms with van der Waals surface area (Å²) in [6.45, 7) is 5.91. The van der Waals surface area contributed by atoms with E-state index in [1.54, 1.807) is 27.9 Å². The van der Waals surface area contributed by atoms with Crippen LogP contribution >= 0.6 is 0 Å². The number of aromatic nitrogens is 1. The van der Waals surface area contributed by atoms with Gasteiger partial charge in [0.2, 0.25) is 0 Å². The Kier molecular flexibility index (Phi) is 6.58. The maximum Gasteiger partial charge on any atom is 0.413 e. The minimum atomic E-state index is -0.765. The standard InChI is InChI=1S/C26H28N2O6/c1-26(2,3)34-25(30)28-15-19(13-24(28)32-16-29)33-23-14-21(17-8-6-5-7-9-17)27-22-12-18(31-4)10-11-20(22)23/h5-12,14,16,19,24H,13,15H2,1-4H3. The van der Waals surface area contributed by atoms with Crippen LogP contribution in [-0.4, -0.2) is 54.0 Å². The summed E-state index contributed by atoms with van der Waals surface area (Å²) < 4.78 is 22.4. The maximum atomic E-state index is 12.7. The number of methoxy groups -OCH3 is 1. The largest absolute Gasteiger partial charge is 0.497 e. The van der Waals surface area contributed by atoms with Crippen molar-refractivity contribution in [3.8, 4) is 22.8 Å². The SMILES string of the molecule is COc1ccc2c(OC3CC(OC=O)N(C(=O)OC(C)(C)C)C3)cc(-c3ccccc3)nc2c1. The van der Waals surface area contributed by atoms with Crippen molar-refractivity contribution in [1.82, 2.24) is 9.88 Å². The highest BCUT2D eigenvalue weighted by Crippen LogP contribution is 2.34. The number of hydrogen-bond acceptors (Lipinski definition) is 7. The predicted octanol–water partition coefficient (Wildman–Crippen LogP) is 4.80. The van der Waals surface area contributed by atoms with Gasteiger partial charge >= 0.3 is 6.09 Å². The van der Waals surface area contributed by atoms with Gasteiger partial charge in [-0.2, -0.15) is 0 Å². The fourth-order valence-corrected chi connectivity index (χ4v) is 3.89. The van der Waals surface area contributed by atoms with Crippen molar-refractivity contribution < 1.29 is 28.5 Å². The summed E-state index contributed by atoms with van der Waals surface area (Å²) in [4.78, 5) is 29.9. The first-order valence-electron chi connectivity index (χ1n) is 11.1. The molecular weight excluding hydrogens is 436 g/mol. The summed E-state index contributed by atoms with van der Waals surface area (Å²) in [6, 6.07) is 17.3. The molecule has 178 valence electrons. The Hall–Kier alpha value is -3.81. The number of ether oxygens (including phenoxy) is 4. The molecule has 0 saturated carbocycles. The number of fused-ring (bicyclic) bond motifs is 1. The smallest absolute Gasteiger partial charge is 0.413 e. The van der Waals surface area contributed by atoms with Gasteiger partial charge < -0.3 is 18.9 Å². The monoisotopic (exact) mass is 464 g/mol. The van der Waals surface area contributed by atoms with E-state index in [1.165, 1.54) is 4.90 Å². The highest BCUT2D eigenvalue weighted by Gasteiger charge is 2.40. The lowest BCUT2D eigenvalue weighted by Gasteiger charge is -2.27. The van der Waals surface area contributed by atoms with Crippen LogP contribution in [0.1, 0.15) is 27.2 Å². The van der Waals surface area contributed by atoms with Crippen molar-refractivity contribution in [2.24, 2.45) is 0 Å². The second-order valence-electron chi connectivity index (χ2n) is 9.05. The molecule has 8 heteroatoms. The number of carbonyl (C=O) groups excluding carboxylic acids is 2. The third kappa shape index (κ3) is 5.22. The topological polar surface area (TPSA) is 87.2 Å². The van der Waals surface area contributed by atoms with Gasteiger partial charge in [0.25, 0.3) is 6.47 Å². The normalized spacial score (nSPS) is 17.9. The summed E-state index contributed by atoms with van der Waals surface area (Å²) in [5.41, 5.74) is 1.74. The molecule has 1 fully saturated rings. The summed E-state index contributed by atoms with van der Waals surface area (Å²) in [5.74, 6) is 1.31. The van der Waals surface area contributed by atoms with Gasteiger partial charge in [0.1, 0.15) is 23.2 Å². The number of pyridine rings is 1. The Morgan fingerprint density at radius 1 is 1.12 bits per heavy atom. The Bertz CT molecular complexity index is 1180. The van der Waals surface area contributed by atoms with Crippen LogP contribution in [0.5, 0.6) is 11.5 Å². The molecule has 3 aromatic rings. The molecule has 0 spiro atoms. The average molecular weight is 465 g/mol. The van der Waals surface area contributed by atoms with Crippen LogP contribution in [0.25, 0.3) is 22.2 Å². The van der Waals surface area contributed by atoms with Gasteiger partial charge in [-0.15, -0.1) is 0 Å². The first-order chi connectivity index (χ1) is 16.3. The number of amides is 1. The van der Waals surface area contributed by atoms with Crippen molar-refractivity contribution in [2.75, 3.05) is 13.7 Å². The summed E-state index contributed by atoms with van der Waals surface area (Å²) in [6.07, 6.45) is -1.41. The quantitative estimate of drug-likeness (QED) is 0.484. The lowest BCUT2D eigenvalue weighted by Crippen LogP contribution is -2.41. The summed E-state index contributed by atoms with van der Waals surface area (Å²) in [7, 11) is 1.61. The van der Waals surface area contributed by atoms with Crippen LogP contribution in [0.4, 0.5) is 4.79 Å². The molecule has 0 bridgehead atoms. The molecule has 34 heavy (non-hydrogen) atoms. The molecule has 2 atom stereocenters. The van der Waals surface area contributed by atoms with E-state index in [-0.39, 0.29) is 6.54 Å². The minimum Gasteiger partial charge on any atom is -0.497 e. The molecule has 0 aliphatic carbocycles. The van der Waals surface area contributed by atoms with E-state index in [0.29, 0.717) is 24.4 Å². The van der Waals surface area contributed by atoms with E-state index in [0.717, 1.165) is 22.2 Å². The van der Waals surface area contributed by atoms with Crippen LogP contribution in [0, 0.1) is 0 Å². The second-order valence-corrected chi connectivity index (χ2v) is 9.05. The predicted molar refractivity (Wildman–Crippen MR) is 127 cm³/mol. The van der Waals surface area contributed by atoms with Crippen LogP contribution in [-0.2, 0) is 14.3 Å². The highest BCUT2D eigenvalue weighted by atomic mass is 16.6. The van der Waals surface area contributed by atoms with Crippen molar-refractivity contribution in [2.45, 2.75) is 45.1 Å². The number of nitrogens with zero attached hydrogens (tertiary/aromatic N) is 2. The van der Waals surface area contributed by atoms with E-state index in [2.05, 4.69) is 0 Å². The Labute approximate surface area is 198 Å². The van der Waals surface area contributed by atoms with E-state index in [4.69, 9.17) is 23.9 Å². The zero-order chi connectivity index (χ0) is 24.3. The lowest BCUT2D eigenvalue weighted by atomic mass is 10.1. The molecule has 1 aliphatic heterocycles. The van der Waals surface area contributed by atoms with Crippen LogP contribution in [0.3, 0.4) is 0 Å². The maximum absolute atomic E-state index is 12.7. The van der Waals surface area contributed by atoms with Gasteiger partial charge in [-0.1, -0.05) is 30.3 Å². The molecule has 1 saturated heterocycles. The van der Waals surface area contributed by atoms with Crippen LogP contribution in [0.15, 0.2) is 54.6 Å². The molecular formula is C26H28N2O6. The van der Waals surface area contributed by atoms with Crippen molar-refractivity contribution in [1.29, 1.82) is 0 Å². The zero-order valence-electron chi connectivity index (χ0n) is 19.7. The molecule has 0 N–H and O–H groups in total. The number of rotatable bonds is 6. The van der Waals surface area contributed by atoms with Gasteiger partial charge in [0, 0.05) is 29.5 Å². The lowest BCUT2D eigenvalue weighted by molar-refractivity contribution is -0.139. The molecule has 2 heterocycles. The summed E-state index contributed by atoms with van der Waals surface area (Å²) in [5, 5.41) is 0.809. The van der Waals surface area contributed by atoms with Gasteiger partial charge in [-0.05, 0) is 32.9 Å². The number of benzene rings is 2. The van der Waals surface area contributed by atoms with Crippen molar-refractivity contribution >= 4 is 23.5 Å². The first kappa shape index (κ1) is 23.4. The fourth-order valence-electron chi connectivity index (χ4n) is 3.89. The fraction of sp³-hybridized carbons (Fsp3) is 0.346. The molecule has 1 aliphatic rings. The van der Waals surface area contributed by atoms with Gasteiger partial charge in [-0.25, -0.2) is 9.78 Å². The Morgan fingerprint density at radius 2 is 1.88 bits per heavy atom. The van der Waals surface area contributed by atoms with Gasteiger partial charge in [0.05, 0.1) is 24.9 Å². The number of hydrogen-bond donors (Lipinski definition) is 0. The van der Waals surface area contributed by atoms with Gasteiger partial charge in [0.15, 0.2) is 6.23 Å². The van der Waals surface area contributed by atoms with E-state index in [1.807, 2.05) is 54.6 Å². The van der Waals surface area contributed by atoms with Crippen LogP contribution in [0.2, 0.25) is 0 Å². The molecule has 4 rings (SSSR count).